The van der Waals surface area contributed by atoms with Crippen molar-refractivity contribution in [1.29, 1.82) is 0 Å². The molecule has 0 saturated heterocycles. The maximum absolute atomic E-state index is 12.2. The van der Waals surface area contributed by atoms with Gasteiger partial charge in [-0.25, -0.2) is 4.98 Å². The lowest BCUT2D eigenvalue weighted by molar-refractivity contribution is -0.141. The van der Waals surface area contributed by atoms with Crippen molar-refractivity contribution in [2.45, 2.75) is 19.3 Å². The predicted octanol–water partition coefficient (Wildman–Crippen LogP) is 1.22. The van der Waals surface area contributed by atoms with Crippen molar-refractivity contribution in [3.8, 4) is 0 Å². The van der Waals surface area contributed by atoms with Crippen LogP contribution in [0.3, 0.4) is 0 Å². The Labute approximate surface area is 77.5 Å². The normalized spacial score (nSPS) is 18.3. The van der Waals surface area contributed by atoms with Gasteiger partial charge in [0.1, 0.15) is 5.82 Å². The average Bonchev–Trinajstić information content (AvgIpc) is 2.45. The van der Waals surface area contributed by atoms with E-state index < -0.39 is 11.9 Å². The van der Waals surface area contributed by atoms with Crippen LogP contribution in [-0.2, 0) is 19.3 Å². The number of halogens is 3. The Morgan fingerprint density at radius 3 is 2.71 bits per heavy atom. The molecular formula is C7H7F3N3O-. The average molecular weight is 206 g/mol. The molecule has 4 nitrogen and oxygen atoms in total. The van der Waals surface area contributed by atoms with E-state index in [2.05, 4.69) is 4.98 Å². The highest BCUT2D eigenvalue weighted by molar-refractivity contribution is 5.09. The largest absolute Gasteiger partial charge is 0.785 e. The van der Waals surface area contributed by atoms with E-state index in [0.717, 1.165) is 6.20 Å². The Kier molecular flexibility index (Phi) is 2.00. The summed E-state index contributed by atoms with van der Waals surface area (Å²) in [6, 6.07) is 0. The molecule has 1 aliphatic heterocycles. The zero-order chi connectivity index (χ0) is 10.3. The summed E-state index contributed by atoms with van der Waals surface area (Å²) >= 11 is 0. The summed E-state index contributed by atoms with van der Waals surface area (Å²) in [5.41, 5.74) is -0.928. The molecule has 0 unspecified atom stereocenters. The molecule has 7 heteroatoms. The van der Waals surface area contributed by atoms with E-state index in [1.165, 1.54) is 4.57 Å². The second-order valence-electron chi connectivity index (χ2n) is 3.10. The first kappa shape index (κ1) is 9.47. The fourth-order valence-corrected chi connectivity index (χ4v) is 1.37. The molecule has 2 rings (SSSR count). The van der Waals surface area contributed by atoms with Gasteiger partial charge in [-0.3, -0.25) is 0 Å². The third kappa shape index (κ3) is 1.60. The number of fused-ring (bicyclic) bond motifs is 1. The minimum absolute atomic E-state index is 0.0733. The Morgan fingerprint density at radius 1 is 1.36 bits per heavy atom. The molecule has 1 aliphatic rings. The van der Waals surface area contributed by atoms with E-state index in [1.54, 1.807) is 0 Å². The van der Waals surface area contributed by atoms with Gasteiger partial charge in [0.05, 0.1) is 0 Å². The van der Waals surface area contributed by atoms with Crippen LogP contribution >= 0.6 is 0 Å². The molecule has 0 bridgehead atoms. The smallest absolute Gasteiger partial charge is 0.434 e. The first-order valence-corrected chi connectivity index (χ1v) is 4.02. The van der Waals surface area contributed by atoms with Crippen molar-refractivity contribution in [2.24, 2.45) is 0 Å². The SMILES string of the molecule is [O-]N1CCn2cc(C(F)(F)F)nc2C1. The summed E-state index contributed by atoms with van der Waals surface area (Å²) in [6.45, 7) is 0.401. The van der Waals surface area contributed by atoms with E-state index in [-0.39, 0.29) is 25.5 Å². The zero-order valence-electron chi connectivity index (χ0n) is 7.08. The molecule has 0 amide bonds. The number of rotatable bonds is 0. The van der Waals surface area contributed by atoms with E-state index in [9.17, 15) is 18.4 Å². The first-order chi connectivity index (χ1) is 6.47. The van der Waals surface area contributed by atoms with Crippen molar-refractivity contribution in [3.63, 3.8) is 0 Å². The highest BCUT2D eigenvalue weighted by Gasteiger charge is 2.35. The first-order valence-electron chi connectivity index (χ1n) is 4.02. The molecule has 0 radical (unpaired) electrons. The van der Waals surface area contributed by atoms with Crippen LogP contribution in [0.5, 0.6) is 0 Å². The molecule has 0 saturated carbocycles. The third-order valence-corrected chi connectivity index (χ3v) is 2.06. The fraction of sp³-hybridized carbons (Fsp3) is 0.571. The van der Waals surface area contributed by atoms with E-state index in [1.807, 2.05) is 0 Å². The van der Waals surface area contributed by atoms with Gasteiger partial charge in [0.2, 0.25) is 0 Å². The maximum atomic E-state index is 12.2. The number of hydroxylamine groups is 2. The lowest BCUT2D eigenvalue weighted by Gasteiger charge is -2.32. The van der Waals surface area contributed by atoms with Gasteiger partial charge in [-0.1, -0.05) is 0 Å². The Balaban J connectivity index is 2.32. The van der Waals surface area contributed by atoms with Crippen LogP contribution in [0.2, 0.25) is 0 Å². The van der Waals surface area contributed by atoms with Crippen LogP contribution < -0.4 is 0 Å². The Bertz CT molecular complexity index is 346. The monoisotopic (exact) mass is 206 g/mol. The highest BCUT2D eigenvalue weighted by Crippen LogP contribution is 2.29. The molecule has 14 heavy (non-hydrogen) atoms. The van der Waals surface area contributed by atoms with Gasteiger partial charge in [0.25, 0.3) is 0 Å². The molecule has 0 N–H and O–H groups in total. The Hall–Kier alpha value is -1.08. The molecule has 78 valence electrons. The number of hydrogen-bond donors (Lipinski definition) is 0. The second kappa shape index (κ2) is 2.96. The number of nitrogens with zero attached hydrogens (tertiary/aromatic N) is 3. The standard InChI is InChI=1S/C7H7F3N3O/c8-7(9,10)5-3-12-1-2-13(14)4-6(12)11-5/h3H,1-2,4H2/q-1. The molecule has 1 aromatic rings. The third-order valence-electron chi connectivity index (χ3n) is 2.06. The van der Waals surface area contributed by atoms with Crippen LogP contribution in [-0.4, -0.2) is 21.2 Å². The summed E-state index contributed by atoms with van der Waals surface area (Å²) in [6.07, 6.45) is -3.49. The van der Waals surface area contributed by atoms with Crippen molar-refractivity contribution in [1.82, 2.24) is 14.6 Å². The summed E-state index contributed by atoms with van der Waals surface area (Å²) in [7, 11) is 0. The van der Waals surface area contributed by atoms with Gasteiger partial charge in [-0.2, -0.15) is 13.2 Å². The number of alkyl halides is 3. The molecule has 2 heterocycles. The molecule has 0 atom stereocenters. The predicted molar refractivity (Wildman–Crippen MR) is 41.0 cm³/mol. The van der Waals surface area contributed by atoms with Gasteiger partial charge < -0.3 is 14.8 Å². The Morgan fingerprint density at radius 2 is 2.07 bits per heavy atom. The van der Waals surface area contributed by atoms with Gasteiger partial charge >= 0.3 is 6.18 Å². The topological polar surface area (TPSA) is 44.1 Å². The van der Waals surface area contributed by atoms with Crippen LogP contribution in [0.25, 0.3) is 0 Å². The van der Waals surface area contributed by atoms with Crippen molar-refractivity contribution in [2.75, 3.05) is 6.54 Å². The summed E-state index contributed by atoms with van der Waals surface area (Å²) < 4.78 is 38.0. The van der Waals surface area contributed by atoms with Crippen LogP contribution in [0.4, 0.5) is 13.2 Å². The van der Waals surface area contributed by atoms with Crippen molar-refractivity contribution in [3.05, 3.63) is 22.9 Å². The molecular weight excluding hydrogens is 199 g/mol. The van der Waals surface area contributed by atoms with Gasteiger partial charge in [0, 0.05) is 25.8 Å². The highest BCUT2D eigenvalue weighted by atomic mass is 19.4. The summed E-state index contributed by atoms with van der Waals surface area (Å²) in [5, 5.41) is 11.6. The lowest BCUT2D eigenvalue weighted by atomic mass is 10.4. The molecule has 0 aromatic carbocycles. The minimum Gasteiger partial charge on any atom is -0.785 e. The van der Waals surface area contributed by atoms with Crippen LogP contribution in [0.1, 0.15) is 11.5 Å². The van der Waals surface area contributed by atoms with E-state index in [0.29, 0.717) is 5.06 Å². The molecule has 1 aromatic heterocycles. The fourth-order valence-electron chi connectivity index (χ4n) is 1.37. The molecule has 0 spiro atoms. The van der Waals surface area contributed by atoms with Crippen molar-refractivity contribution < 1.29 is 13.2 Å². The van der Waals surface area contributed by atoms with Gasteiger partial charge in [-0.05, 0) is 0 Å². The molecule has 0 fully saturated rings. The van der Waals surface area contributed by atoms with Gasteiger partial charge in [0.15, 0.2) is 5.69 Å². The number of hydrogen-bond acceptors (Lipinski definition) is 3. The maximum Gasteiger partial charge on any atom is 0.434 e. The van der Waals surface area contributed by atoms with E-state index in [4.69, 9.17) is 0 Å². The number of aromatic nitrogens is 2. The summed E-state index contributed by atoms with van der Waals surface area (Å²) in [4.78, 5) is 3.37. The van der Waals surface area contributed by atoms with E-state index >= 15 is 0 Å². The van der Waals surface area contributed by atoms with Crippen LogP contribution in [0.15, 0.2) is 6.20 Å². The minimum atomic E-state index is -4.43. The molecule has 0 aliphatic carbocycles. The van der Waals surface area contributed by atoms with Gasteiger partial charge in [-0.15, -0.1) is 0 Å². The quantitative estimate of drug-likeness (QED) is 0.641. The summed E-state index contributed by atoms with van der Waals surface area (Å²) in [5.74, 6) is 0.179. The van der Waals surface area contributed by atoms with Crippen LogP contribution in [0, 0.1) is 5.21 Å². The zero-order valence-corrected chi connectivity index (χ0v) is 7.08. The van der Waals surface area contributed by atoms with Crippen molar-refractivity contribution >= 4 is 0 Å². The second-order valence-corrected chi connectivity index (χ2v) is 3.10. The number of imidazole rings is 1. The lowest BCUT2D eigenvalue weighted by Crippen LogP contribution is -2.28.